The molecular weight excluding hydrogens is 364 g/mol. The molecule has 0 aliphatic rings. The third-order valence-electron chi connectivity index (χ3n) is 4.14. The molecule has 0 saturated carbocycles. The number of rotatable bonds is 8. The molecule has 2 N–H and O–H groups in total. The first kappa shape index (κ1) is 20.8. The monoisotopic (exact) mass is 390 g/mol. The molecule has 0 aliphatic heterocycles. The van der Waals surface area contributed by atoms with Crippen LogP contribution in [0.4, 0.5) is 5.69 Å². The molecule has 0 fully saturated rings. The number of anilines is 1. The number of ether oxygens (including phenoxy) is 1. The van der Waals surface area contributed by atoms with E-state index in [0.717, 1.165) is 12.0 Å². The van der Waals surface area contributed by atoms with Crippen molar-refractivity contribution in [1.29, 1.82) is 0 Å². The predicted molar refractivity (Wildman–Crippen MR) is 107 cm³/mol. The number of aryl methyl sites for hydroxylation is 2. The molecule has 27 heavy (non-hydrogen) atoms. The molecule has 0 bridgehead atoms. The summed E-state index contributed by atoms with van der Waals surface area (Å²) in [5, 5.41) is 2.82. The van der Waals surface area contributed by atoms with E-state index in [1.165, 1.54) is 12.1 Å². The molecule has 1 atom stereocenters. The average Bonchev–Trinajstić information content (AvgIpc) is 2.62. The Hall–Kier alpha value is -2.54. The van der Waals surface area contributed by atoms with Gasteiger partial charge >= 0.3 is 0 Å². The number of nitrogens with one attached hydrogen (secondary N) is 2. The van der Waals surface area contributed by atoms with Gasteiger partial charge in [-0.3, -0.25) is 9.52 Å². The van der Waals surface area contributed by atoms with Gasteiger partial charge in [0.05, 0.1) is 4.90 Å². The summed E-state index contributed by atoms with van der Waals surface area (Å²) in [6.07, 6.45) is 0.839. The van der Waals surface area contributed by atoms with E-state index in [2.05, 4.69) is 10.0 Å². The van der Waals surface area contributed by atoms with Gasteiger partial charge in [0.1, 0.15) is 5.75 Å². The van der Waals surface area contributed by atoms with Crippen molar-refractivity contribution in [1.82, 2.24) is 5.32 Å². The smallest absolute Gasteiger partial charge is 0.261 e. The summed E-state index contributed by atoms with van der Waals surface area (Å²) in [5.41, 5.74) is 2.19. The van der Waals surface area contributed by atoms with Gasteiger partial charge in [-0.05, 0) is 63.1 Å². The maximum atomic E-state index is 12.6. The number of sulfonamides is 1. The molecule has 0 radical (unpaired) electrons. The van der Waals surface area contributed by atoms with E-state index in [-0.39, 0.29) is 23.5 Å². The first-order valence-corrected chi connectivity index (χ1v) is 10.3. The summed E-state index contributed by atoms with van der Waals surface area (Å²) in [6, 6.07) is 11.7. The molecule has 2 rings (SSSR count). The molecule has 2 aromatic rings. The van der Waals surface area contributed by atoms with Crippen LogP contribution in [0.15, 0.2) is 47.4 Å². The van der Waals surface area contributed by atoms with Crippen molar-refractivity contribution in [2.45, 2.75) is 45.1 Å². The summed E-state index contributed by atoms with van der Waals surface area (Å²) in [6.45, 7) is 7.47. The van der Waals surface area contributed by atoms with Crippen LogP contribution in [0.2, 0.25) is 0 Å². The Kier molecular flexibility index (Phi) is 6.85. The van der Waals surface area contributed by atoms with Crippen molar-refractivity contribution in [2.75, 3.05) is 11.3 Å². The second-order valence-corrected chi connectivity index (χ2v) is 8.25. The predicted octanol–water partition coefficient (Wildman–Crippen LogP) is 3.40. The number of hydrogen-bond donors (Lipinski definition) is 2. The molecular formula is C20H26N2O4S. The minimum Gasteiger partial charge on any atom is -0.484 e. The third-order valence-corrected chi connectivity index (χ3v) is 5.52. The van der Waals surface area contributed by atoms with Crippen LogP contribution in [0.25, 0.3) is 0 Å². The van der Waals surface area contributed by atoms with Crippen molar-refractivity contribution >= 4 is 21.6 Å². The summed E-state index contributed by atoms with van der Waals surface area (Å²) in [5.74, 6) is 0.269. The van der Waals surface area contributed by atoms with Gasteiger partial charge in [-0.1, -0.05) is 24.6 Å². The van der Waals surface area contributed by atoms with E-state index in [1.807, 2.05) is 32.9 Å². The molecule has 2 aromatic carbocycles. The zero-order chi connectivity index (χ0) is 20.0. The number of benzene rings is 2. The van der Waals surface area contributed by atoms with Crippen LogP contribution in [0.3, 0.4) is 0 Å². The van der Waals surface area contributed by atoms with Crippen molar-refractivity contribution in [3.8, 4) is 5.75 Å². The second-order valence-electron chi connectivity index (χ2n) is 6.56. The molecule has 0 aliphatic carbocycles. The quantitative estimate of drug-likeness (QED) is 0.723. The molecule has 7 heteroatoms. The minimum atomic E-state index is -3.70. The van der Waals surface area contributed by atoms with Crippen LogP contribution in [0.5, 0.6) is 5.75 Å². The molecule has 1 amide bonds. The lowest BCUT2D eigenvalue weighted by atomic mass is 10.2. The first-order valence-electron chi connectivity index (χ1n) is 8.83. The van der Waals surface area contributed by atoms with E-state index < -0.39 is 10.0 Å². The molecule has 6 nitrogen and oxygen atoms in total. The topological polar surface area (TPSA) is 84.5 Å². The van der Waals surface area contributed by atoms with Crippen LogP contribution >= 0.6 is 0 Å². The summed E-state index contributed by atoms with van der Waals surface area (Å²) in [4.78, 5) is 11.9. The number of amides is 1. The second kappa shape index (κ2) is 8.90. The van der Waals surface area contributed by atoms with Crippen LogP contribution in [-0.4, -0.2) is 27.0 Å². The summed E-state index contributed by atoms with van der Waals surface area (Å²) in [7, 11) is -3.70. The molecule has 146 valence electrons. The Bertz CT molecular complexity index is 893. The zero-order valence-electron chi connectivity index (χ0n) is 16.1. The highest BCUT2D eigenvalue weighted by molar-refractivity contribution is 7.92. The highest BCUT2D eigenvalue weighted by atomic mass is 32.2. The molecule has 0 aromatic heterocycles. The van der Waals surface area contributed by atoms with Gasteiger partial charge in [-0.15, -0.1) is 0 Å². The van der Waals surface area contributed by atoms with E-state index in [0.29, 0.717) is 17.0 Å². The van der Waals surface area contributed by atoms with Gasteiger partial charge in [0, 0.05) is 11.7 Å². The van der Waals surface area contributed by atoms with E-state index in [4.69, 9.17) is 4.74 Å². The largest absolute Gasteiger partial charge is 0.484 e. The molecule has 0 unspecified atom stereocenters. The third kappa shape index (κ3) is 5.99. The lowest BCUT2D eigenvalue weighted by Gasteiger charge is -2.14. The highest BCUT2D eigenvalue weighted by Crippen LogP contribution is 2.23. The Morgan fingerprint density at radius 3 is 2.37 bits per heavy atom. The zero-order valence-corrected chi connectivity index (χ0v) is 16.9. The van der Waals surface area contributed by atoms with Gasteiger partial charge < -0.3 is 10.1 Å². The van der Waals surface area contributed by atoms with Crippen LogP contribution in [0.1, 0.15) is 31.4 Å². The van der Waals surface area contributed by atoms with Gasteiger partial charge in [-0.2, -0.15) is 0 Å². The van der Waals surface area contributed by atoms with Gasteiger partial charge in [0.25, 0.3) is 15.9 Å². The summed E-state index contributed by atoms with van der Waals surface area (Å²) >= 11 is 0. The Morgan fingerprint density at radius 1 is 1.11 bits per heavy atom. The Balaban J connectivity index is 2.06. The van der Waals surface area contributed by atoms with E-state index in [1.54, 1.807) is 25.1 Å². The van der Waals surface area contributed by atoms with Crippen molar-refractivity contribution in [3.05, 3.63) is 53.6 Å². The number of carbonyl (C=O) groups is 1. The number of carbonyl (C=O) groups excluding carboxylic acids is 1. The van der Waals surface area contributed by atoms with Crippen LogP contribution in [-0.2, 0) is 14.8 Å². The lowest BCUT2D eigenvalue weighted by Crippen LogP contribution is -2.35. The Labute approximate surface area is 161 Å². The van der Waals surface area contributed by atoms with E-state index in [9.17, 15) is 13.2 Å². The molecule has 0 saturated heterocycles. The summed E-state index contributed by atoms with van der Waals surface area (Å²) < 4.78 is 33.2. The van der Waals surface area contributed by atoms with Gasteiger partial charge in [0.2, 0.25) is 0 Å². The maximum absolute atomic E-state index is 12.6. The normalized spacial score (nSPS) is 12.3. The minimum absolute atomic E-state index is 0.0857. The van der Waals surface area contributed by atoms with Gasteiger partial charge in [-0.25, -0.2) is 8.42 Å². The molecule has 0 heterocycles. The average molecular weight is 391 g/mol. The standard InChI is InChI=1S/C20H26N2O4S/c1-5-16(4)21-20(23)13-26-19-11-10-18(12-15(19)3)27(24,25)22-17-8-6-14(2)7-9-17/h6-12,16,22H,5,13H2,1-4H3,(H,21,23)/t16-/m0/s1. The lowest BCUT2D eigenvalue weighted by molar-refractivity contribution is -0.123. The molecule has 0 spiro atoms. The number of hydrogen-bond acceptors (Lipinski definition) is 4. The fourth-order valence-corrected chi connectivity index (χ4v) is 3.49. The van der Waals surface area contributed by atoms with E-state index >= 15 is 0 Å². The van der Waals surface area contributed by atoms with Crippen molar-refractivity contribution in [2.24, 2.45) is 0 Å². The van der Waals surface area contributed by atoms with Crippen LogP contribution < -0.4 is 14.8 Å². The first-order chi connectivity index (χ1) is 12.7. The van der Waals surface area contributed by atoms with Gasteiger partial charge in [0.15, 0.2) is 6.61 Å². The van der Waals surface area contributed by atoms with Crippen molar-refractivity contribution < 1.29 is 17.9 Å². The SMILES string of the molecule is CC[C@H](C)NC(=O)COc1ccc(S(=O)(=O)Nc2ccc(C)cc2)cc1C. The maximum Gasteiger partial charge on any atom is 0.261 e. The highest BCUT2D eigenvalue weighted by Gasteiger charge is 2.16. The fraction of sp³-hybridized carbons (Fsp3) is 0.350. The van der Waals surface area contributed by atoms with Crippen molar-refractivity contribution in [3.63, 3.8) is 0 Å². The fourth-order valence-electron chi connectivity index (χ4n) is 2.35. The van der Waals surface area contributed by atoms with Crippen LogP contribution in [0, 0.1) is 13.8 Å². The Morgan fingerprint density at radius 2 is 1.78 bits per heavy atom.